The molecule has 2 aromatic carbocycles. The zero-order chi connectivity index (χ0) is 29.6. The molecule has 3 aromatic rings. The van der Waals surface area contributed by atoms with E-state index in [1.807, 2.05) is 24.3 Å². The molecule has 11 nitrogen and oxygen atoms in total. The van der Waals surface area contributed by atoms with Gasteiger partial charge in [0.2, 0.25) is 0 Å². The summed E-state index contributed by atoms with van der Waals surface area (Å²) in [6.07, 6.45) is 1.98. The Morgan fingerprint density at radius 1 is 1.00 bits per heavy atom. The summed E-state index contributed by atoms with van der Waals surface area (Å²) in [5.41, 5.74) is 4.39. The maximum Gasteiger partial charge on any atom is 0.408 e. The highest BCUT2D eigenvalue weighted by atomic mass is 16.6. The van der Waals surface area contributed by atoms with Crippen molar-refractivity contribution in [3.8, 4) is 11.1 Å². The highest BCUT2D eigenvalue weighted by Crippen LogP contribution is 2.44. The van der Waals surface area contributed by atoms with Gasteiger partial charge in [0, 0.05) is 12.5 Å². The first-order valence-electron chi connectivity index (χ1n) is 13.8. The number of alkyl carbamates (subject to hydrolysis) is 2. The normalized spacial score (nSPS) is 14.0. The molecule has 0 fully saturated rings. The van der Waals surface area contributed by atoms with Crippen LogP contribution in [-0.4, -0.2) is 57.0 Å². The first-order valence-corrected chi connectivity index (χ1v) is 13.8. The number of carbonyl (C=O) groups excluding carboxylic acids is 2. The third-order valence-electron chi connectivity index (χ3n) is 6.91. The Hall–Kier alpha value is -4.41. The number of carboxylic acids is 1. The molecule has 0 radical (unpaired) electrons. The van der Waals surface area contributed by atoms with Crippen molar-refractivity contribution in [2.24, 2.45) is 0 Å². The monoisotopic (exact) mass is 563 g/mol. The van der Waals surface area contributed by atoms with Crippen LogP contribution in [-0.2, 0) is 14.3 Å². The Morgan fingerprint density at radius 3 is 2.24 bits per heavy atom. The molecule has 2 amide bonds. The molecule has 1 heterocycles. The topological polar surface area (TPSA) is 145 Å². The molecule has 4 rings (SSSR count). The fraction of sp³-hybridized carbons (Fsp3) is 0.433. The second kappa shape index (κ2) is 12.8. The van der Waals surface area contributed by atoms with E-state index < -0.39 is 35.8 Å². The standard InChI is InChI=1S/C30H37N5O6/c1-19(27(36)37)35-26(17-32-34-35)25(33-29(39)41-30(2,3)4)15-9-10-16-31-28(38)40-18-24-22-13-7-5-11-20(22)21-12-6-8-14-23(21)24/h5-8,11-14,17,19,24-25H,9-10,15-16,18H2,1-4H3,(H,31,38)(H,33,39)(H,36,37)/t19-,25-/m0/s1. The van der Waals surface area contributed by atoms with Gasteiger partial charge >= 0.3 is 18.2 Å². The first-order chi connectivity index (χ1) is 19.5. The summed E-state index contributed by atoms with van der Waals surface area (Å²) >= 11 is 0. The number of carboxylic acid groups (broad SMARTS) is 1. The number of hydrogen-bond donors (Lipinski definition) is 3. The summed E-state index contributed by atoms with van der Waals surface area (Å²) in [5, 5.41) is 22.8. The molecule has 1 aliphatic carbocycles. The second-order valence-corrected chi connectivity index (χ2v) is 11.1. The Bertz CT molecular complexity index is 1340. The van der Waals surface area contributed by atoms with Gasteiger partial charge in [0.25, 0.3) is 0 Å². The average Bonchev–Trinajstić information content (AvgIpc) is 3.53. The molecule has 0 bridgehead atoms. The highest BCUT2D eigenvalue weighted by Gasteiger charge is 2.29. The Labute approximate surface area is 239 Å². The predicted octanol–water partition coefficient (Wildman–Crippen LogP) is 5.20. The lowest BCUT2D eigenvalue weighted by atomic mass is 9.98. The van der Waals surface area contributed by atoms with E-state index in [0.717, 1.165) is 11.1 Å². The fourth-order valence-corrected chi connectivity index (χ4v) is 4.96. The number of aromatic nitrogens is 3. The van der Waals surface area contributed by atoms with E-state index in [1.165, 1.54) is 28.9 Å². The van der Waals surface area contributed by atoms with E-state index in [-0.39, 0.29) is 12.5 Å². The molecule has 3 N–H and O–H groups in total. The first kappa shape index (κ1) is 29.6. The third kappa shape index (κ3) is 7.41. The molecule has 218 valence electrons. The summed E-state index contributed by atoms with van der Waals surface area (Å²) in [6, 6.07) is 14.8. The van der Waals surface area contributed by atoms with Crippen molar-refractivity contribution < 1.29 is 29.0 Å². The Morgan fingerprint density at radius 2 is 1.63 bits per heavy atom. The number of ether oxygens (including phenoxy) is 2. The van der Waals surface area contributed by atoms with Gasteiger partial charge < -0.3 is 25.2 Å². The summed E-state index contributed by atoms with van der Waals surface area (Å²) < 4.78 is 12.3. The minimum atomic E-state index is -1.07. The van der Waals surface area contributed by atoms with Crippen LogP contribution in [0, 0.1) is 0 Å². The summed E-state index contributed by atoms with van der Waals surface area (Å²) in [6.45, 7) is 7.38. The van der Waals surface area contributed by atoms with E-state index in [1.54, 1.807) is 20.8 Å². The fourth-order valence-electron chi connectivity index (χ4n) is 4.96. The van der Waals surface area contributed by atoms with Crippen molar-refractivity contribution in [2.75, 3.05) is 13.2 Å². The van der Waals surface area contributed by atoms with E-state index in [9.17, 15) is 19.5 Å². The van der Waals surface area contributed by atoms with Gasteiger partial charge in [0.15, 0.2) is 0 Å². The van der Waals surface area contributed by atoms with E-state index >= 15 is 0 Å². The van der Waals surface area contributed by atoms with Crippen LogP contribution in [0.2, 0.25) is 0 Å². The number of nitrogens with one attached hydrogen (secondary N) is 2. The zero-order valence-electron chi connectivity index (χ0n) is 23.8. The quantitative estimate of drug-likeness (QED) is 0.270. The van der Waals surface area contributed by atoms with Gasteiger partial charge in [0.05, 0.1) is 17.9 Å². The molecule has 0 saturated heterocycles. The lowest BCUT2D eigenvalue weighted by Crippen LogP contribution is -2.36. The molecular formula is C30H37N5O6. The molecule has 0 unspecified atom stereocenters. The third-order valence-corrected chi connectivity index (χ3v) is 6.91. The molecule has 0 spiro atoms. The number of aliphatic carboxylic acids is 1. The average molecular weight is 564 g/mol. The van der Waals surface area contributed by atoms with Crippen molar-refractivity contribution in [1.29, 1.82) is 0 Å². The molecule has 1 aliphatic rings. The SMILES string of the molecule is C[C@@H](C(=O)O)n1nncc1[C@H](CCCCNC(=O)OCC1c2ccccc2-c2ccccc21)NC(=O)OC(C)(C)C. The molecule has 1 aromatic heterocycles. The molecular weight excluding hydrogens is 526 g/mol. The Kier molecular flexibility index (Phi) is 9.26. The minimum Gasteiger partial charge on any atom is -0.480 e. The van der Waals surface area contributed by atoms with Gasteiger partial charge in [-0.3, -0.25) is 0 Å². The zero-order valence-corrected chi connectivity index (χ0v) is 23.8. The number of hydrogen-bond acceptors (Lipinski definition) is 7. The maximum atomic E-state index is 12.5. The lowest BCUT2D eigenvalue weighted by Gasteiger charge is -2.24. The van der Waals surface area contributed by atoms with Crippen LogP contribution in [0.25, 0.3) is 11.1 Å². The highest BCUT2D eigenvalue weighted by molar-refractivity contribution is 5.79. The van der Waals surface area contributed by atoms with Gasteiger partial charge in [-0.1, -0.05) is 53.7 Å². The van der Waals surface area contributed by atoms with Crippen molar-refractivity contribution in [3.63, 3.8) is 0 Å². The van der Waals surface area contributed by atoms with Gasteiger partial charge in [-0.05, 0) is 69.2 Å². The maximum absolute atomic E-state index is 12.5. The number of benzene rings is 2. The van der Waals surface area contributed by atoms with Crippen LogP contribution < -0.4 is 10.6 Å². The van der Waals surface area contributed by atoms with Crippen LogP contribution in [0.3, 0.4) is 0 Å². The van der Waals surface area contributed by atoms with Gasteiger partial charge in [-0.2, -0.15) is 0 Å². The van der Waals surface area contributed by atoms with Crippen molar-refractivity contribution in [2.45, 2.75) is 70.6 Å². The van der Waals surface area contributed by atoms with Gasteiger partial charge in [-0.25, -0.2) is 19.1 Å². The number of nitrogens with zero attached hydrogens (tertiary/aromatic N) is 3. The lowest BCUT2D eigenvalue weighted by molar-refractivity contribution is -0.140. The van der Waals surface area contributed by atoms with Gasteiger partial charge in [0.1, 0.15) is 18.2 Å². The van der Waals surface area contributed by atoms with Crippen molar-refractivity contribution in [1.82, 2.24) is 25.6 Å². The number of amides is 2. The van der Waals surface area contributed by atoms with E-state index in [4.69, 9.17) is 9.47 Å². The molecule has 2 atom stereocenters. The number of unbranched alkanes of at least 4 members (excludes halogenated alkanes) is 1. The van der Waals surface area contributed by atoms with Crippen molar-refractivity contribution in [3.05, 3.63) is 71.5 Å². The summed E-state index contributed by atoms with van der Waals surface area (Å²) in [4.78, 5) is 36.6. The van der Waals surface area contributed by atoms with Crippen LogP contribution >= 0.6 is 0 Å². The second-order valence-electron chi connectivity index (χ2n) is 11.1. The van der Waals surface area contributed by atoms with E-state index in [2.05, 4.69) is 45.2 Å². The number of fused-ring (bicyclic) bond motifs is 3. The van der Waals surface area contributed by atoms with Crippen LogP contribution in [0.15, 0.2) is 54.7 Å². The smallest absolute Gasteiger partial charge is 0.408 e. The van der Waals surface area contributed by atoms with Crippen LogP contribution in [0.1, 0.15) is 81.8 Å². The predicted molar refractivity (Wildman–Crippen MR) is 151 cm³/mol. The Balaban J connectivity index is 1.29. The summed E-state index contributed by atoms with van der Waals surface area (Å²) in [7, 11) is 0. The number of rotatable bonds is 11. The molecule has 0 aliphatic heterocycles. The minimum absolute atomic E-state index is 0.0144. The molecule has 11 heteroatoms. The van der Waals surface area contributed by atoms with Crippen LogP contribution in [0.5, 0.6) is 0 Å². The van der Waals surface area contributed by atoms with Gasteiger partial charge in [-0.15, -0.1) is 5.10 Å². The van der Waals surface area contributed by atoms with Crippen LogP contribution in [0.4, 0.5) is 9.59 Å². The summed E-state index contributed by atoms with van der Waals surface area (Å²) in [5.74, 6) is -1.08. The number of carbonyl (C=O) groups is 3. The van der Waals surface area contributed by atoms with E-state index in [0.29, 0.717) is 31.5 Å². The molecule has 0 saturated carbocycles. The molecule has 41 heavy (non-hydrogen) atoms. The van der Waals surface area contributed by atoms with Crippen molar-refractivity contribution >= 4 is 18.2 Å². The largest absolute Gasteiger partial charge is 0.480 e.